The predicted molar refractivity (Wildman–Crippen MR) is 341 cm³/mol. The summed E-state index contributed by atoms with van der Waals surface area (Å²) in [5.74, 6) is 0. The van der Waals surface area contributed by atoms with Crippen molar-refractivity contribution in [2.45, 2.75) is 207 Å². The minimum atomic E-state index is -0.0682. The highest BCUT2D eigenvalue weighted by Crippen LogP contribution is 2.54. The Hall–Kier alpha value is -6.00. The Labute approximate surface area is 472 Å². The molecule has 3 nitrogen and oxygen atoms in total. The fourth-order valence-electron chi connectivity index (χ4n) is 13.7. The lowest BCUT2D eigenvalue weighted by Crippen LogP contribution is -2.62. The van der Waals surface area contributed by atoms with Crippen molar-refractivity contribution in [3.8, 4) is 0 Å². The molecular weight excluding hydrogens is 942 g/mol. The largest absolute Gasteiger partial charge is 0.311 e. The molecule has 0 atom stereocenters. The van der Waals surface area contributed by atoms with Crippen LogP contribution < -0.4 is 31.1 Å². The van der Waals surface area contributed by atoms with Crippen LogP contribution in [0.5, 0.6) is 0 Å². The minimum absolute atomic E-state index is 0.0108. The van der Waals surface area contributed by atoms with Crippen LogP contribution in [0, 0.1) is 0 Å². The van der Waals surface area contributed by atoms with Crippen LogP contribution in [-0.4, -0.2) is 6.71 Å². The summed E-state index contributed by atoms with van der Waals surface area (Å²) in [6.45, 7) is 47.9. The predicted octanol–water partition coefficient (Wildman–Crippen LogP) is 19.1. The van der Waals surface area contributed by atoms with Crippen molar-refractivity contribution in [1.82, 2.24) is 0 Å². The number of rotatable bonds is 5. The zero-order chi connectivity index (χ0) is 56.2. The van der Waals surface area contributed by atoms with Crippen molar-refractivity contribution >= 4 is 74.3 Å². The molecule has 2 aliphatic carbocycles. The van der Waals surface area contributed by atoms with Crippen LogP contribution in [0.2, 0.25) is 0 Å². The van der Waals surface area contributed by atoms with E-state index in [1.54, 1.807) is 0 Å². The van der Waals surface area contributed by atoms with E-state index in [0.29, 0.717) is 0 Å². The Bertz CT molecular complexity index is 3440. The summed E-state index contributed by atoms with van der Waals surface area (Å²) in [6.07, 6.45) is 4.65. The lowest BCUT2D eigenvalue weighted by Gasteiger charge is -2.48. The van der Waals surface area contributed by atoms with Crippen LogP contribution in [0.25, 0.3) is 0 Å². The molecule has 0 saturated heterocycles. The Morgan fingerprint density at radius 3 is 1.24 bits per heavy atom. The first-order valence-corrected chi connectivity index (χ1v) is 29.5. The maximum atomic E-state index is 2.73. The molecule has 0 spiro atoms. The minimum Gasteiger partial charge on any atom is -0.311 e. The molecule has 0 saturated carbocycles. The van der Waals surface area contributed by atoms with E-state index in [9.17, 15) is 0 Å². The number of hydrogen-bond donors (Lipinski definition) is 0. The van der Waals surface area contributed by atoms with E-state index in [1.807, 2.05) is 0 Å². The van der Waals surface area contributed by atoms with Gasteiger partial charge in [-0.05, 0) is 203 Å². The Balaban J connectivity index is 1.31. The van der Waals surface area contributed by atoms with Crippen LogP contribution in [-0.2, 0) is 43.3 Å². The standard InChI is InChI=1S/C74H90BN3/c1-67(2,3)47-24-29-51(30-25-47)76(52-31-26-48(27-32-52)68(4,5)6)55-43-64-66-65(44-55)78(54-33-34-56-57(42-54)72(15,16)37-36-71(56,13)14)63-46-59-58(73(17,18)38-39-74(59,19)20)45-61(63)75(66)60-35-28-50(70(10,11)12)41-62(60)77(64)53-23-21-22-49(40-53)69(7,8)9/h21-35,40-46H,36-39H2,1-20H3. The smallest absolute Gasteiger partial charge is 0.252 e. The lowest BCUT2D eigenvalue weighted by atomic mass is 9.33. The average Bonchev–Trinajstić information content (AvgIpc) is 3.56. The highest BCUT2D eigenvalue weighted by molar-refractivity contribution is 7.00. The molecule has 0 fully saturated rings. The van der Waals surface area contributed by atoms with Crippen molar-refractivity contribution < 1.29 is 0 Å². The Morgan fingerprint density at radius 1 is 0.346 bits per heavy atom. The van der Waals surface area contributed by atoms with Gasteiger partial charge in [0.25, 0.3) is 6.71 Å². The van der Waals surface area contributed by atoms with E-state index in [0.717, 1.165) is 36.3 Å². The summed E-state index contributed by atoms with van der Waals surface area (Å²) in [5.41, 5.74) is 26.3. The molecule has 4 aliphatic rings. The fraction of sp³-hybridized carbons (Fsp3) is 0.432. The third-order valence-electron chi connectivity index (χ3n) is 19.2. The van der Waals surface area contributed by atoms with Crippen molar-refractivity contribution in [3.05, 3.63) is 178 Å². The van der Waals surface area contributed by atoms with Crippen molar-refractivity contribution in [2.75, 3.05) is 14.7 Å². The van der Waals surface area contributed by atoms with Gasteiger partial charge >= 0.3 is 0 Å². The van der Waals surface area contributed by atoms with Crippen molar-refractivity contribution in [2.24, 2.45) is 0 Å². The number of nitrogens with zero attached hydrogens (tertiary/aromatic N) is 3. The third-order valence-corrected chi connectivity index (χ3v) is 19.2. The lowest BCUT2D eigenvalue weighted by molar-refractivity contribution is 0.332. The van der Waals surface area contributed by atoms with Gasteiger partial charge in [0, 0.05) is 45.5 Å². The van der Waals surface area contributed by atoms with E-state index in [-0.39, 0.29) is 50.0 Å². The topological polar surface area (TPSA) is 9.72 Å². The van der Waals surface area contributed by atoms with Gasteiger partial charge in [0.2, 0.25) is 0 Å². The average molecular weight is 1030 g/mol. The SMILES string of the molecule is CC(C)(C)c1ccc(N(c2ccc(C(C)(C)C)cc2)c2cc3c4c(c2)N(c2ccc5c(c2)C(C)(C)CCC5(C)C)c2cc5c(cc2B4c2ccc(C(C)(C)C)cc2N3c2cccc(C(C)(C)C)c2)C(C)(C)CCC5(C)C)cc1. The highest BCUT2D eigenvalue weighted by Gasteiger charge is 2.48. The van der Waals surface area contributed by atoms with E-state index in [1.165, 1.54) is 101 Å². The second-order valence-electron chi connectivity index (χ2n) is 31.0. The molecule has 404 valence electrons. The molecule has 11 rings (SSSR count). The summed E-state index contributed by atoms with van der Waals surface area (Å²) in [6, 6.07) is 53.9. The molecular formula is C74H90BN3. The third kappa shape index (κ3) is 9.04. The molecule has 0 amide bonds. The normalized spacial score (nSPS) is 17.9. The zero-order valence-corrected chi connectivity index (χ0v) is 51.4. The van der Waals surface area contributed by atoms with Crippen molar-refractivity contribution in [3.63, 3.8) is 0 Å². The summed E-state index contributed by atoms with van der Waals surface area (Å²) >= 11 is 0. The number of hydrogen-bond acceptors (Lipinski definition) is 3. The van der Waals surface area contributed by atoms with E-state index < -0.39 is 0 Å². The summed E-state index contributed by atoms with van der Waals surface area (Å²) < 4.78 is 0. The van der Waals surface area contributed by atoms with Gasteiger partial charge in [0.1, 0.15) is 0 Å². The molecule has 2 aliphatic heterocycles. The second kappa shape index (κ2) is 17.8. The Kier molecular flexibility index (Phi) is 12.3. The molecule has 0 bridgehead atoms. The van der Waals surface area contributed by atoms with Gasteiger partial charge in [0.05, 0.1) is 5.69 Å². The molecule has 78 heavy (non-hydrogen) atoms. The van der Waals surface area contributed by atoms with Crippen LogP contribution in [0.15, 0.2) is 133 Å². The van der Waals surface area contributed by atoms with Crippen molar-refractivity contribution in [1.29, 1.82) is 0 Å². The zero-order valence-electron chi connectivity index (χ0n) is 51.4. The van der Waals surface area contributed by atoms with Gasteiger partial charge in [0.15, 0.2) is 0 Å². The fourth-order valence-corrected chi connectivity index (χ4v) is 13.7. The number of anilines is 9. The second-order valence-corrected chi connectivity index (χ2v) is 31.0. The summed E-state index contributed by atoms with van der Waals surface area (Å²) in [5, 5.41) is 0. The van der Waals surface area contributed by atoms with Gasteiger partial charge in [-0.2, -0.15) is 0 Å². The van der Waals surface area contributed by atoms with E-state index in [2.05, 4.69) is 287 Å². The first-order valence-electron chi connectivity index (χ1n) is 29.5. The summed E-state index contributed by atoms with van der Waals surface area (Å²) in [4.78, 5) is 7.93. The van der Waals surface area contributed by atoms with Crippen LogP contribution in [0.4, 0.5) is 51.2 Å². The first-order chi connectivity index (χ1) is 36.2. The van der Waals surface area contributed by atoms with Crippen LogP contribution in [0.3, 0.4) is 0 Å². The monoisotopic (exact) mass is 1030 g/mol. The quantitative estimate of drug-likeness (QED) is 0.159. The van der Waals surface area contributed by atoms with E-state index >= 15 is 0 Å². The summed E-state index contributed by atoms with van der Waals surface area (Å²) in [7, 11) is 0. The molecule has 7 aromatic rings. The maximum Gasteiger partial charge on any atom is 0.252 e. The molecule has 0 radical (unpaired) electrons. The molecule has 2 heterocycles. The van der Waals surface area contributed by atoms with E-state index in [4.69, 9.17) is 0 Å². The van der Waals surface area contributed by atoms with Crippen LogP contribution >= 0.6 is 0 Å². The number of benzene rings is 7. The highest BCUT2D eigenvalue weighted by atomic mass is 15.2. The van der Waals surface area contributed by atoms with Gasteiger partial charge in [-0.1, -0.05) is 199 Å². The van der Waals surface area contributed by atoms with Crippen LogP contribution in [0.1, 0.15) is 209 Å². The van der Waals surface area contributed by atoms with Gasteiger partial charge in [-0.25, -0.2) is 0 Å². The van der Waals surface area contributed by atoms with Gasteiger partial charge < -0.3 is 14.7 Å². The maximum absolute atomic E-state index is 2.73. The molecule has 0 unspecified atom stereocenters. The molecule has 7 aromatic carbocycles. The number of fused-ring (bicyclic) bond motifs is 6. The molecule has 0 N–H and O–H groups in total. The first kappa shape index (κ1) is 54.0. The Morgan fingerprint density at radius 2 is 0.756 bits per heavy atom. The molecule has 4 heteroatoms. The van der Waals surface area contributed by atoms with Gasteiger partial charge in [-0.3, -0.25) is 0 Å². The van der Waals surface area contributed by atoms with Gasteiger partial charge in [-0.15, -0.1) is 0 Å². The molecule has 0 aromatic heterocycles.